The lowest BCUT2D eigenvalue weighted by Crippen LogP contribution is -1.96. The average molecular weight is 727 g/mol. The lowest BCUT2D eigenvalue weighted by atomic mass is 9.93. The highest BCUT2D eigenvalue weighted by molar-refractivity contribution is 6.30. The third-order valence-electron chi connectivity index (χ3n) is 11.0. The van der Waals surface area contributed by atoms with Gasteiger partial charge in [0.2, 0.25) is 0 Å². The number of fused-ring (bicyclic) bond motifs is 7. The Labute approximate surface area is 330 Å². The molecule has 3 aromatic heterocycles. The minimum Gasteiger partial charge on any atom is -0.309 e. The molecule has 266 valence electrons. The second-order valence-electron chi connectivity index (χ2n) is 14.4. The van der Waals surface area contributed by atoms with Crippen LogP contribution in [0.5, 0.6) is 0 Å². The highest BCUT2D eigenvalue weighted by atomic mass is 15.0. The number of rotatable bonds is 6. The molecule has 4 heteroatoms. The van der Waals surface area contributed by atoms with Gasteiger partial charge in [0.25, 0.3) is 0 Å². The van der Waals surface area contributed by atoms with Gasteiger partial charge in [-0.3, -0.25) is 0 Å². The second-order valence-corrected chi connectivity index (χ2v) is 14.4. The molecule has 0 N–H and O–H groups in total. The lowest BCUT2D eigenvalue weighted by Gasteiger charge is -2.15. The van der Waals surface area contributed by atoms with E-state index < -0.39 is 0 Å². The standard InChI is InChI=1S/C53H34N4/c1-5-16-36(17-6-1)45-34-46(37-18-7-2-8-19-37)55-53(54-45)39-30-28-35(29-31-39)41-25-15-26-43-49-44(51(56-52(41)43)38-20-9-3-10-21-38)32-33-48-50(49)42-24-13-14-27-47(42)57(48)40-22-11-4-12-23-40/h1-34H. The molecule has 11 rings (SSSR count). The Morgan fingerprint density at radius 1 is 0.333 bits per heavy atom. The van der Waals surface area contributed by atoms with Crippen LogP contribution in [0.25, 0.3) is 105 Å². The van der Waals surface area contributed by atoms with Crippen molar-refractivity contribution >= 4 is 43.5 Å². The summed E-state index contributed by atoms with van der Waals surface area (Å²) in [5.74, 6) is 0.687. The van der Waals surface area contributed by atoms with Crippen molar-refractivity contribution in [2.75, 3.05) is 0 Å². The number of hydrogen-bond acceptors (Lipinski definition) is 3. The van der Waals surface area contributed by atoms with Crippen molar-refractivity contribution in [2.24, 2.45) is 0 Å². The third-order valence-corrected chi connectivity index (χ3v) is 11.0. The van der Waals surface area contributed by atoms with E-state index in [1.807, 2.05) is 36.4 Å². The molecule has 0 saturated carbocycles. The first-order chi connectivity index (χ1) is 28.3. The summed E-state index contributed by atoms with van der Waals surface area (Å²) in [6.45, 7) is 0. The molecule has 8 aromatic carbocycles. The van der Waals surface area contributed by atoms with Gasteiger partial charge in [-0.05, 0) is 35.9 Å². The van der Waals surface area contributed by atoms with E-state index in [0.717, 1.165) is 72.4 Å². The summed E-state index contributed by atoms with van der Waals surface area (Å²) in [5.41, 5.74) is 13.5. The Kier molecular flexibility index (Phi) is 7.78. The maximum absolute atomic E-state index is 5.54. The summed E-state index contributed by atoms with van der Waals surface area (Å²) >= 11 is 0. The second kappa shape index (κ2) is 13.6. The van der Waals surface area contributed by atoms with Gasteiger partial charge in [0.05, 0.1) is 33.6 Å². The van der Waals surface area contributed by atoms with Gasteiger partial charge >= 0.3 is 0 Å². The van der Waals surface area contributed by atoms with E-state index in [9.17, 15) is 0 Å². The van der Waals surface area contributed by atoms with Crippen LogP contribution in [0.3, 0.4) is 0 Å². The highest BCUT2D eigenvalue weighted by Crippen LogP contribution is 2.44. The van der Waals surface area contributed by atoms with E-state index in [1.165, 1.54) is 27.2 Å². The number of nitrogens with zero attached hydrogens (tertiary/aromatic N) is 4. The van der Waals surface area contributed by atoms with E-state index in [1.54, 1.807) is 0 Å². The van der Waals surface area contributed by atoms with E-state index in [4.69, 9.17) is 15.0 Å². The van der Waals surface area contributed by atoms with Crippen molar-refractivity contribution in [2.45, 2.75) is 0 Å². The molecular formula is C53H34N4. The molecule has 0 radical (unpaired) electrons. The molecular weight excluding hydrogens is 693 g/mol. The predicted molar refractivity (Wildman–Crippen MR) is 236 cm³/mol. The van der Waals surface area contributed by atoms with Gasteiger partial charge in [0.15, 0.2) is 5.82 Å². The third kappa shape index (κ3) is 5.58. The maximum atomic E-state index is 5.54. The first-order valence-electron chi connectivity index (χ1n) is 19.3. The van der Waals surface area contributed by atoms with E-state index in [2.05, 4.69) is 174 Å². The molecule has 57 heavy (non-hydrogen) atoms. The molecule has 0 atom stereocenters. The number of benzene rings is 8. The van der Waals surface area contributed by atoms with E-state index in [-0.39, 0.29) is 0 Å². The van der Waals surface area contributed by atoms with Crippen molar-refractivity contribution in [3.63, 3.8) is 0 Å². The largest absolute Gasteiger partial charge is 0.309 e. The average Bonchev–Trinajstić information content (AvgIpc) is 3.64. The summed E-state index contributed by atoms with van der Waals surface area (Å²) in [6.07, 6.45) is 0. The predicted octanol–water partition coefficient (Wildman–Crippen LogP) is 13.6. The fourth-order valence-corrected chi connectivity index (χ4v) is 8.37. The Morgan fingerprint density at radius 2 is 0.895 bits per heavy atom. The van der Waals surface area contributed by atoms with Gasteiger partial charge in [-0.15, -0.1) is 0 Å². The van der Waals surface area contributed by atoms with Crippen molar-refractivity contribution in [1.29, 1.82) is 0 Å². The smallest absolute Gasteiger partial charge is 0.160 e. The number of pyridine rings is 1. The van der Waals surface area contributed by atoms with Crippen LogP contribution in [0.1, 0.15) is 0 Å². The molecule has 3 heterocycles. The van der Waals surface area contributed by atoms with Crippen LogP contribution in [0.2, 0.25) is 0 Å². The number of hydrogen-bond donors (Lipinski definition) is 0. The molecule has 0 aliphatic carbocycles. The molecule has 0 unspecified atom stereocenters. The van der Waals surface area contributed by atoms with E-state index >= 15 is 0 Å². The molecule has 0 aliphatic rings. The fourth-order valence-electron chi connectivity index (χ4n) is 8.37. The Bertz CT molecular complexity index is 3190. The summed E-state index contributed by atoms with van der Waals surface area (Å²) in [6, 6.07) is 72.5. The highest BCUT2D eigenvalue weighted by Gasteiger charge is 2.21. The van der Waals surface area contributed by atoms with Crippen molar-refractivity contribution < 1.29 is 0 Å². The minimum atomic E-state index is 0.687. The zero-order valence-corrected chi connectivity index (χ0v) is 30.9. The topological polar surface area (TPSA) is 43.6 Å². The van der Waals surface area contributed by atoms with Crippen molar-refractivity contribution in [3.8, 4) is 62.0 Å². The van der Waals surface area contributed by atoms with Crippen LogP contribution in [0.4, 0.5) is 0 Å². The van der Waals surface area contributed by atoms with E-state index in [0.29, 0.717) is 5.82 Å². The van der Waals surface area contributed by atoms with Gasteiger partial charge in [-0.2, -0.15) is 0 Å². The van der Waals surface area contributed by atoms with Crippen LogP contribution < -0.4 is 0 Å². The Balaban J connectivity index is 1.13. The molecule has 11 aromatic rings. The molecule has 0 saturated heterocycles. The summed E-state index contributed by atoms with van der Waals surface area (Å²) in [4.78, 5) is 15.7. The zero-order chi connectivity index (χ0) is 37.7. The van der Waals surface area contributed by atoms with Gasteiger partial charge in [0, 0.05) is 60.4 Å². The van der Waals surface area contributed by atoms with Gasteiger partial charge < -0.3 is 4.57 Å². The van der Waals surface area contributed by atoms with Crippen LogP contribution in [0.15, 0.2) is 206 Å². The summed E-state index contributed by atoms with van der Waals surface area (Å²) in [7, 11) is 0. The van der Waals surface area contributed by atoms with Crippen molar-refractivity contribution in [3.05, 3.63) is 206 Å². The minimum absolute atomic E-state index is 0.687. The first-order valence-corrected chi connectivity index (χ1v) is 19.3. The molecule has 0 bridgehead atoms. The van der Waals surface area contributed by atoms with Gasteiger partial charge in [-0.25, -0.2) is 15.0 Å². The van der Waals surface area contributed by atoms with Crippen LogP contribution in [0, 0.1) is 0 Å². The van der Waals surface area contributed by atoms with Crippen molar-refractivity contribution in [1.82, 2.24) is 19.5 Å². The van der Waals surface area contributed by atoms with Crippen LogP contribution in [-0.2, 0) is 0 Å². The SMILES string of the molecule is c1ccc(-c2cc(-c3ccccc3)nc(-c3ccc(-c4cccc5c4nc(-c4ccccc4)c4ccc6c(c7ccccc7n6-c6ccccc6)c45)cc3)n2)cc1. The number of aromatic nitrogens is 4. The number of para-hydroxylation sites is 3. The monoisotopic (exact) mass is 726 g/mol. The first kappa shape index (κ1) is 32.7. The lowest BCUT2D eigenvalue weighted by molar-refractivity contribution is 1.18. The molecule has 0 spiro atoms. The van der Waals surface area contributed by atoms with Gasteiger partial charge in [0.1, 0.15) is 0 Å². The normalized spacial score (nSPS) is 11.5. The van der Waals surface area contributed by atoms with Gasteiger partial charge in [-0.1, -0.05) is 176 Å². The Morgan fingerprint density at radius 3 is 1.56 bits per heavy atom. The zero-order valence-electron chi connectivity index (χ0n) is 30.9. The maximum Gasteiger partial charge on any atom is 0.160 e. The molecule has 0 fully saturated rings. The molecule has 0 amide bonds. The molecule has 4 nitrogen and oxygen atoms in total. The Hall–Kier alpha value is -7.69. The van der Waals surface area contributed by atoms with Crippen LogP contribution in [-0.4, -0.2) is 19.5 Å². The fraction of sp³-hybridized carbons (Fsp3) is 0. The summed E-state index contributed by atoms with van der Waals surface area (Å²) < 4.78 is 2.39. The van der Waals surface area contributed by atoms with Crippen LogP contribution >= 0.6 is 0 Å². The molecule has 0 aliphatic heterocycles. The quantitative estimate of drug-likeness (QED) is 0.160. The summed E-state index contributed by atoms with van der Waals surface area (Å²) in [5, 5.41) is 5.92.